The molecule has 17 heavy (non-hydrogen) atoms. The van der Waals surface area contributed by atoms with E-state index in [2.05, 4.69) is 9.97 Å². The van der Waals surface area contributed by atoms with Crippen LogP contribution in [-0.2, 0) is 4.79 Å². The minimum atomic E-state index is -0.629. The molecule has 1 aliphatic rings. The first-order valence-electron chi connectivity index (χ1n) is 5.53. The highest BCUT2D eigenvalue weighted by molar-refractivity contribution is 5.90. The van der Waals surface area contributed by atoms with Gasteiger partial charge >= 0.3 is 0 Å². The summed E-state index contributed by atoms with van der Waals surface area (Å²) in [5.41, 5.74) is 5.73. The lowest BCUT2D eigenvalue weighted by Gasteiger charge is -2.45. The van der Waals surface area contributed by atoms with E-state index in [0.29, 0.717) is 18.1 Å². The molecule has 0 bridgehead atoms. The fraction of sp³-hybridized carbons (Fsp3) is 0.545. The van der Waals surface area contributed by atoms with Crippen LogP contribution in [0.25, 0.3) is 0 Å². The average molecular weight is 235 g/mol. The number of hydrogen-bond donors (Lipinski definition) is 1. The van der Waals surface area contributed by atoms with Crippen molar-refractivity contribution in [3.8, 4) is 0 Å². The number of aromatic nitrogens is 2. The van der Waals surface area contributed by atoms with E-state index in [9.17, 15) is 4.79 Å². The second-order valence-corrected chi connectivity index (χ2v) is 4.74. The van der Waals surface area contributed by atoms with Crippen molar-refractivity contribution >= 4 is 17.4 Å². The summed E-state index contributed by atoms with van der Waals surface area (Å²) < 4.78 is 0. The molecule has 1 amide bonds. The van der Waals surface area contributed by atoms with Crippen molar-refractivity contribution in [1.29, 1.82) is 0 Å². The lowest BCUT2D eigenvalue weighted by Crippen LogP contribution is -2.62. The van der Waals surface area contributed by atoms with Gasteiger partial charge in [0.2, 0.25) is 5.91 Å². The highest BCUT2D eigenvalue weighted by Crippen LogP contribution is 2.29. The fourth-order valence-corrected chi connectivity index (χ4v) is 2.14. The first-order valence-corrected chi connectivity index (χ1v) is 5.53. The number of carbonyl (C=O) groups excluding carboxylic acids is 1. The molecule has 2 heterocycles. The largest absolute Gasteiger partial charge is 0.394 e. The minimum Gasteiger partial charge on any atom is -0.394 e. The zero-order valence-corrected chi connectivity index (χ0v) is 10.3. The van der Waals surface area contributed by atoms with Crippen molar-refractivity contribution in [1.82, 2.24) is 14.9 Å². The molecule has 6 nitrogen and oxygen atoms in total. The van der Waals surface area contributed by atoms with Crippen molar-refractivity contribution in [2.45, 2.75) is 19.4 Å². The molecule has 0 atom stereocenters. The predicted octanol–water partition coefficient (Wildman–Crippen LogP) is 0.116. The Morgan fingerprint density at radius 2 is 2.12 bits per heavy atom. The lowest BCUT2D eigenvalue weighted by molar-refractivity contribution is -0.136. The molecular weight excluding hydrogens is 218 g/mol. The van der Waals surface area contributed by atoms with E-state index in [1.54, 1.807) is 11.1 Å². The van der Waals surface area contributed by atoms with Crippen LogP contribution < -0.4 is 10.6 Å². The Balaban J connectivity index is 2.40. The Hall–Kier alpha value is -1.85. The van der Waals surface area contributed by atoms with Crippen LogP contribution in [0.4, 0.5) is 11.5 Å². The number of hydrogen-bond acceptors (Lipinski definition) is 5. The van der Waals surface area contributed by atoms with E-state index in [0.717, 1.165) is 6.54 Å². The van der Waals surface area contributed by atoms with E-state index >= 15 is 0 Å². The van der Waals surface area contributed by atoms with Crippen LogP contribution in [0.5, 0.6) is 0 Å². The molecule has 0 radical (unpaired) electrons. The highest BCUT2D eigenvalue weighted by atomic mass is 16.2. The zero-order valence-electron chi connectivity index (χ0n) is 10.3. The number of nitrogen functional groups attached to an aromatic ring is 1. The molecule has 0 unspecified atom stereocenters. The van der Waals surface area contributed by atoms with Gasteiger partial charge in [0.15, 0.2) is 5.82 Å². The van der Waals surface area contributed by atoms with Gasteiger partial charge < -0.3 is 15.5 Å². The van der Waals surface area contributed by atoms with Crippen LogP contribution >= 0.6 is 0 Å². The molecule has 0 aliphatic carbocycles. The van der Waals surface area contributed by atoms with Gasteiger partial charge in [-0.1, -0.05) is 0 Å². The van der Waals surface area contributed by atoms with Gasteiger partial charge in [0.05, 0.1) is 11.9 Å². The molecule has 92 valence electrons. The normalized spacial score (nSPS) is 19.6. The van der Waals surface area contributed by atoms with Gasteiger partial charge in [0, 0.05) is 20.1 Å². The van der Waals surface area contributed by atoms with Gasteiger partial charge in [-0.05, 0) is 13.8 Å². The second kappa shape index (κ2) is 3.87. The van der Waals surface area contributed by atoms with Gasteiger partial charge in [0.25, 0.3) is 0 Å². The summed E-state index contributed by atoms with van der Waals surface area (Å²) in [6.45, 7) is 5.15. The Morgan fingerprint density at radius 1 is 1.41 bits per heavy atom. The molecule has 1 saturated heterocycles. The molecule has 0 spiro atoms. The molecule has 6 heteroatoms. The monoisotopic (exact) mass is 235 g/mol. The highest BCUT2D eigenvalue weighted by Gasteiger charge is 2.41. The quantitative estimate of drug-likeness (QED) is 0.748. The Morgan fingerprint density at radius 3 is 2.76 bits per heavy atom. The number of nitrogens with zero attached hydrogens (tertiary/aromatic N) is 4. The maximum atomic E-state index is 12.1. The molecule has 1 aromatic rings. The Kier molecular flexibility index (Phi) is 2.65. The summed E-state index contributed by atoms with van der Waals surface area (Å²) in [6, 6.07) is 0. The van der Waals surface area contributed by atoms with Crippen molar-refractivity contribution in [2.75, 3.05) is 30.8 Å². The maximum absolute atomic E-state index is 12.1. The number of carbonyl (C=O) groups is 1. The van der Waals surface area contributed by atoms with Crippen molar-refractivity contribution < 1.29 is 4.79 Å². The summed E-state index contributed by atoms with van der Waals surface area (Å²) in [7, 11) is 1.81. The van der Waals surface area contributed by atoms with Crippen LogP contribution in [0.1, 0.15) is 13.8 Å². The number of anilines is 2. The topological polar surface area (TPSA) is 75.3 Å². The van der Waals surface area contributed by atoms with E-state index in [-0.39, 0.29) is 5.91 Å². The summed E-state index contributed by atoms with van der Waals surface area (Å²) in [6.07, 6.45) is 3.01. The van der Waals surface area contributed by atoms with Crippen LogP contribution in [-0.4, -0.2) is 46.5 Å². The zero-order chi connectivity index (χ0) is 12.6. The minimum absolute atomic E-state index is 0.0711. The SMILES string of the molecule is CN1CCN(c2ncncc2N)C(C)(C)C1=O. The van der Waals surface area contributed by atoms with Crippen LogP contribution in [0.3, 0.4) is 0 Å². The van der Waals surface area contributed by atoms with Gasteiger partial charge in [0.1, 0.15) is 11.9 Å². The molecule has 2 rings (SSSR count). The molecule has 1 fully saturated rings. The third-order valence-corrected chi connectivity index (χ3v) is 3.18. The van der Waals surface area contributed by atoms with Gasteiger partial charge in [-0.3, -0.25) is 4.79 Å². The van der Waals surface area contributed by atoms with Gasteiger partial charge in [-0.15, -0.1) is 0 Å². The third-order valence-electron chi connectivity index (χ3n) is 3.18. The number of nitrogens with two attached hydrogens (primary N) is 1. The standard InChI is InChI=1S/C11H17N5O/c1-11(2)10(17)15(3)4-5-16(11)9-8(12)6-13-7-14-9/h6-7H,4-5,12H2,1-3H3. The summed E-state index contributed by atoms with van der Waals surface area (Å²) >= 11 is 0. The molecule has 2 N–H and O–H groups in total. The number of rotatable bonds is 1. The number of piperazine rings is 1. The Labute approximate surface area is 100 Å². The maximum Gasteiger partial charge on any atom is 0.247 e. The molecule has 1 aromatic heterocycles. The van der Waals surface area contributed by atoms with Crippen molar-refractivity contribution in [3.05, 3.63) is 12.5 Å². The van der Waals surface area contributed by atoms with Crippen molar-refractivity contribution in [3.63, 3.8) is 0 Å². The fourth-order valence-electron chi connectivity index (χ4n) is 2.14. The summed E-state index contributed by atoms with van der Waals surface area (Å²) in [5.74, 6) is 0.702. The number of amides is 1. The van der Waals surface area contributed by atoms with E-state index in [1.165, 1.54) is 6.33 Å². The first-order chi connectivity index (χ1) is 7.94. The molecule has 0 aromatic carbocycles. The second-order valence-electron chi connectivity index (χ2n) is 4.74. The lowest BCUT2D eigenvalue weighted by atomic mass is 9.97. The van der Waals surface area contributed by atoms with Gasteiger partial charge in [-0.2, -0.15) is 0 Å². The van der Waals surface area contributed by atoms with E-state index < -0.39 is 5.54 Å². The molecule has 0 saturated carbocycles. The number of likely N-dealkylation sites (N-methyl/N-ethyl adjacent to an activating group) is 1. The average Bonchev–Trinajstić information content (AvgIpc) is 2.28. The predicted molar refractivity (Wildman–Crippen MR) is 65.5 cm³/mol. The smallest absolute Gasteiger partial charge is 0.247 e. The molecule has 1 aliphatic heterocycles. The van der Waals surface area contributed by atoms with Crippen LogP contribution in [0.15, 0.2) is 12.5 Å². The van der Waals surface area contributed by atoms with E-state index in [1.807, 2.05) is 25.8 Å². The molecular formula is C11H17N5O. The third kappa shape index (κ3) is 1.79. The summed E-state index contributed by atoms with van der Waals surface area (Å²) in [4.78, 5) is 23.8. The van der Waals surface area contributed by atoms with Crippen LogP contribution in [0.2, 0.25) is 0 Å². The van der Waals surface area contributed by atoms with Gasteiger partial charge in [-0.25, -0.2) is 9.97 Å². The summed E-state index contributed by atoms with van der Waals surface area (Å²) in [5, 5.41) is 0. The van der Waals surface area contributed by atoms with Crippen LogP contribution in [0, 0.1) is 0 Å². The Bertz CT molecular complexity index is 445. The van der Waals surface area contributed by atoms with Crippen molar-refractivity contribution in [2.24, 2.45) is 0 Å². The van der Waals surface area contributed by atoms with E-state index in [4.69, 9.17) is 5.73 Å². The first kappa shape index (κ1) is 11.6.